The summed E-state index contributed by atoms with van der Waals surface area (Å²) in [6.07, 6.45) is 0.633. The van der Waals surface area contributed by atoms with E-state index in [1.54, 1.807) is 18.2 Å². The molecule has 1 amide bonds. The fraction of sp³-hybridized carbons (Fsp3) is 0.433. The highest BCUT2D eigenvalue weighted by Crippen LogP contribution is 2.32. The number of sulfonamides is 1. The topological polar surface area (TPSA) is 111 Å². The third-order valence-corrected chi connectivity index (χ3v) is 7.91. The quantitative estimate of drug-likeness (QED) is 0.425. The third-order valence-electron chi connectivity index (χ3n) is 6.21. The molecule has 1 atom stereocenters. The van der Waals surface area contributed by atoms with Crippen LogP contribution in [0.5, 0.6) is 5.88 Å². The lowest BCUT2D eigenvalue weighted by Crippen LogP contribution is -2.41. The lowest BCUT2D eigenvalue weighted by atomic mass is 9.88. The van der Waals surface area contributed by atoms with Crippen molar-refractivity contribution < 1.29 is 24.1 Å². The Kier molecular flexibility index (Phi) is 9.92. The van der Waals surface area contributed by atoms with Crippen LogP contribution in [0.1, 0.15) is 64.0 Å². The second-order valence-electron chi connectivity index (χ2n) is 10.7. The number of nitrogens with one attached hydrogen (secondary N) is 1. The molecule has 0 radical (unpaired) electrons. The van der Waals surface area contributed by atoms with Crippen LogP contribution < -0.4 is 14.4 Å². The van der Waals surface area contributed by atoms with Crippen molar-refractivity contribution in [1.29, 1.82) is 0 Å². The van der Waals surface area contributed by atoms with Crippen molar-refractivity contribution in [1.82, 2.24) is 15.3 Å². The van der Waals surface area contributed by atoms with Crippen LogP contribution in [0.25, 0.3) is 11.3 Å². The van der Waals surface area contributed by atoms with Crippen LogP contribution in [0.3, 0.4) is 0 Å². The Bertz CT molecular complexity index is 1440. The van der Waals surface area contributed by atoms with Crippen LogP contribution in [0, 0.1) is 19.3 Å². The Balaban J connectivity index is 0.00000192. The minimum absolute atomic E-state index is 0. The van der Waals surface area contributed by atoms with Gasteiger partial charge in [0.25, 0.3) is 15.9 Å². The summed E-state index contributed by atoms with van der Waals surface area (Å²) >= 11 is 0. The van der Waals surface area contributed by atoms with Crippen molar-refractivity contribution in [3.63, 3.8) is 0 Å². The van der Waals surface area contributed by atoms with Crippen molar-refractivity contribution in [2.75, 3.05) is 24.8 Å². The van der Waals surface area contributed by atoms with E-state index in [0.29, 0.717) is 12.1 Å². The van der Waals surface area contributed by atoms with Crippen molar-refractivity contribution in [2.24, 2.45) is 5.41 Å². The molecule has 4 rings (SSSR count). The Morgan fingerprint density at radius 1 is 1.07 bits per heavy atom. The number of rotatable bonds is 4. The number of aromatic nitrogens is 2. The van der Waals surface area contributed by atoms with Gasteiger partial charge < -0.3 is 14.8 Å². The molecule has 0 saturated carbocycles. The van der Waals surface area contributed by atoms with E-state index in [0.717, 1.165) is 21.0 Å². The van der Waals surface area contributed by atoms with E-state index in [9.17, 15) is 13.2 Å². The average molecular weight is 571 g/mol. The number of amides is 1. The van der Waals surface area contributed by atoms with E-state index in [1.807, 2.05) is 45.9 Å². The van der Waals surface area contributed by atoms with Crippen LogP contribution in [0.4, 0.5) is 5.95 Å². The first kappa shape index (κ1) is 31.0. The Morgan fingerprint density at radius 2 is 1.73 bits per heavy atom. The smallest absolute Gasteiger partial charge is 0.268 e. The molecule has 2 heterocycles. The highest BCUT2D eigenvalue weighted by molar-refractivity contribution is 7.92. The Hall–Kier alpha value is -3.50. The first-order valence-electron chi connectivity index (χ1n) is 13.4. The van der Waals surface area contributed by atoms with Crippen LogP contribution in [0.15, 0.2) is 53.4 Å². The molecule has 1 aliphatic rings. The molecule has 4 bridgehead atoms. The highest BCUT2D eigenvalue weighted by atomic mass is 32.2. The van der Waals surface area contributed by atoms with Gasteiger partial charge in [0.15, 0.2) is 0 Å². The summed E-state index contributed by atoms with van der Waals surface area (Å²) in [4.78, 5) is 22.3. The van der Waals surface area contributed by atoms with Gasteiger partial charge in [-0.2, -0.15) is 4.98 Å². The molecule has 3 aromatic rings. The van der Waals surface area contributed by atoms with Gasteiger partial charge in [0.1, 0.15) is 13.3 Å². The molecule has 0 spiro atoms. The zero-order chi connectivity index (χ0) is 29.7. The second kappa shape index (κ2) is 12.8. The lowest BCUT2D eigenvalue weighted by Gasteiger charge is -2.27. The zero-order valence-electron chi connectivity index (χ0n) is 24.6. The number of hydrogen-bond donors (Lipinski definition) is 1. The minimum Gasteiger partial charge on any atom is -0.475 e. The van der Waals surface area contributed by atoms with Crippen LogP contribution >= 0.6 is 0 Å². The highest BCUT2D eigenvalue weighted by Gasteiger charge is 2.31. The van der Waals surface area contributed by atoms with E-state index in [-0.39, 0.29) is 54.4 Å². The molecule has 0 saturated heterocycles. The van der Waals surface area contributed by atoms with Gasteiger partial charge in [-0.25, -0.2) is 17.7 Å². The third kappa shape index (κ3) is 7.17. The number of carbonyl (C=O) groups excluding carboxylic acids is 1. The summed E-state index contributed by atoms with van der Waals surface area (Å²) in [7, 11) is -2.81. The molecule has 9 nitrogen and oxygen atoms in total. The minimum atomic E-state index is -4.20. The van der Waals surface area contributed by atoms with Gasteiger partial charge >= 0.3 is 0 Å². The summed E-state index contributed by atoms with van der Waals surface area (Å²) in [5, 5.41) is 3.02. The van der Waals surface area contributed by atoms with Gasteiger partial charge in [-0.05, 0) is 55.0 Å². The van der Waals surface area contributed by atoms with Crippen molar-refractivity contribution in [3.8, 4) is 17.1 Å². The number of anilines is 1. The molecule has 218 valence electrons. The molecule has 10 heteroatoms. The van der Waals surface area contributed by atoms with Gasteiger partial charge in [0.2, 0.25) is 11.8 Å². The molecule has 0 fully saturated rings. The standard InChI is InChI=1S/C28H34N4O5S.C2H6.H2/c1-18-9-7-10-19(2)25(18)23-14-24-31-27(30-23)32(17-36-6)38(34,35)22-12-8-11-20(13-22)26(33)29-21(16-37-24)15-28(3,4)5;1-2;/h7-14,21H,15-17H2,1-6H3,(H,29,33);1-2H3;1H/t21-;;/m1../s1. The van der Waals surface area contributed by atoms with Crippen molar-refractivity contribution in [2.45, 2.75) is 65.8 Å². The van der Waals surface area contributed by atoms with E-state index in [1.165, 1.54) is 19.2 Å². The first-order chi connectivity index (χ1) is 18.9. The molecular weight excluding hydrogens is 528 g/mol. The number of fused-ring (bicyclic) bond motifs is 4. The normalized spacial score (nSPS) is 16.8. The average Bonchev–Trinajstić information content (AvgIpc) is 2.90. The maximum Gasteiger partial charge on any atom is 0.268 e. The van der Waals surface area contributed by atoms with Gasteiger partial charge in [-0.1, -0.05) is 58.9 Å². The van der Waals surface area contributed by atoms with Gasteiger partial charge in [0.05, 0.1) is 16.6 Å². The number of aryl methyl sites for hydroxylation is 2. The summed E-state index contributed by atoms with van der Waals surface area (Å²) < 4.78 is 40.0. The maximum absolute atomic E-state index is 13.8. The number of nitrogens with zero attached hydrogens (tertiary/aromatic N) is 3. The molecular formula is C30H42N4O5S. The van der Waals surface area contributed by atoms with Gasteiger partial charge in [0, 0.05) is 25.7 Å². The largest absolute Gasteiger partial charge is 0.475 e. The van der Waals surface area contributed by atoms with E-state index in [2.05, 4.69) is 36.1 Å². The molecule has 1 N–H and O–H groups in total. The predicted molar refractivity (Wildman–Crippen MR) is 159 cm³/mol. The fourth-order valence-electron chi connectivity index (χ4n) is 4.57. The van der Waals surface area contributed by atoms with Crippen LogP contribution in [-0.2, 0) is 14.8 Å². The zero-order valence-corrected chi connectivity index (χ0v) is 25.4. The summed E-state index contributed by atoms with van der Waals surface area (Å²) in [6, 6.07) is 13.2. The SMILES string of the molecule is CC.COCN1c2nc(cc(-c3c(C)cccc3C)n2)OC[C@@H](CC(C)(C)C)NC(=O)c2cccc(c2)S1(=O)=O.[HH]. The maximum atomic E-state index is 13.8. The molecule has 0 unspecified atom stereocenters. The van der Waals surface area contributed by atoms with Gasteiger partial charge in [-0.3, -0.25) is 4.79 Å². The number of ether oxygens (including phenoxy) is 2. The van der Waals surface area contributed by atoms with E-state index < -0.39 is 10.0 Å². The Labute approximate surface area is 239 Å². The molecule has 1 aromatic heterocycles. The van der Waals surface area contributed by atoms with Gasteiger partial charge in [-0.15, -0.1) is 0 Å². The first-order valence-corrected chi connectivity index (χ1v) is 14.8. The van der Waals surface area contributed by atoms with Crippen LogP contribution in [0.2, 0.25) is 0 Å². The Morgan fingerprint density at radius 3 is 2.35 bits per heavy atom. The predicted octanol–water partition coefficient (Wildman–Crippen LogP) is 5.76. The van der Waals surface area contributed by atoms with E-state index >= 15 is 0 Å². The second-order valence-corrected chi connectivity index (χ2v) is 12.6. The van der Waals surface area contributed by atoms with Crippen molar-refractivity contribution in [3.05, 3.63) is 65.2 Å². The molecule has 40 heavy (non-hydrogen) atoms. The lowest BCUT2D eigenvalue weighted by molar-refractivity contribution is 0.0903. The monoisotopic (exact) mass is 570 g/mol. The summed E-state index contributed by atoms with van der Waals surface area (Å²) in [6.45, 7) is 14.0. The molecule has 2 aromatic carbocycles. The number of hydrogen-bond acceptors (Lipinski definition) is 7. The van der Waals surface area contributed by atoms with Crippen LogP contribution in [-0.4, -0.2) is 50.8 Å². The molecule has 0 aliphatic carbocycles. The molecule has 1 aliphatic heterocycles. The fourth-order valence-corrected chi connectivity index (χ4v) is 5.89. The van der Waals surface area contributed by atoms with Crippen molar-refractivity contribution >= 4 is 21.9 Å². The number of carbonyl (C=O) groups is 1. The number of methoxy groups -OCH3 is 1. The van der Waals surface area contributed by atoms with E-state index in [4.69, 9.17) is 9.47 Å². The summed E-state index contributed by atoms with van der Waals surface area (Å²) in [5.41, 5.74) is 3.47. The number of benzene rings is 2. The summed E-state index contributed by atoms with van der Waals surface area (Å²) in [5.74, 6) is -0.271.